The number of carbonyl (C=O) groups is 2. The summed E-state index contributed by atoms with van der Waals surface area (Å²) in [5.74, 6) is 0.114. The number of rotatable bonds is 2. The first-order chi connectivity index (χ1) is 8.50. The van der Waals surface area contributed by atoms with Crippen molar-refractivity contribution in [2.45, 2.75) is 20.3 Å². The molecule has 4 nitrogen and oxygen atoms in total. The third-order valence-electron chi connectivity index (χ3n) is 2.11. The van der Waals surface area contributed by atoms with Crippen LogP contribution in [0.3, 0.4) is 0 Å². The number of carbonyl (C=O) groups excluding carboxylic acids is 2. The van der Waals surface area contributed by atoms with Crippen molar-refractivity contribution in [2.24, 2.45) is 0 Å². The van der Waals surface area contributed by atoms with Crippen molar-refractivity contribution < 1.29 is 14.7 Å². The number of hydrogen-bond donors (Lipinski definition) is 1. The van der Waals surface area contributed by atoms with E-state index in [0.29, 0.717) is 5.52 Å². The molecule has 0 aliphatic rings. The number of hydrogen-bond acceptors (Lipinski definition) is 4. The molecule has 1 heterocycles. The van der Waals surface area contributed by atoms with Gasteiger partial charge in [0, 0.05) is 11.6 Å². The number of ketones is 2. The van der Waals surface area contributed by atoms with E-state index in [0.717, 1.165) is 5.39 Å². The molecule has 0 fully saturated rings. The third-order valence-corrected chi connectivity index (χ3v) is 2.11. The van der Waals surface area contributed by atoms with Gasteiger partial charge in [0.2, 0.25) is 0 Å². The SMILES string of the molecule is CC(=O)CC(C)=O.Oc1cccc2cccnc12.[AlH3]. The lowest BCUT2D eigenvalue weighted by atomic mass is 10.2. The van der Waals surface area contributed by atoms with Crippen LogP contribution in [0.15, 0.2) is 36.5 Å². The molecule has 0 saturated heterocycles. The highest BCUT2D eigenvalue weighted by molar-refractivity contribution is 5.96. The number of aromatic nitrogens is 1. The number of phenolic OH excluding ortho intramolecular Hbond substituents is 1. The fourth-order valence-electron chi connectivity index (χ4n) is 1.44. The van der Waals surface area contributed by atoms with Gasteiger partial charge in [0.1, 0.15) is 22.8 Å². The van der Waals surface area contributed by atoms with Gasteiger partial charge in [-0.05, 0) is 26.0 Å². The molecule has 1 aromatic heterocycles. The van der Waals surface area contributed by atoms with Crippen LogP contribution >= 0.6 is 0 Å². The highest BCUT2D eigenvalue weighted by Gasteiger charge is 1.96. The first kappa shape index (κ1) is 17.3. The second-order valence-electron chi connectivity index (χ2n) is 3.93. The largest absolute Gasteiger partial charge is 0.506 e. The molecule has 0 bridgehead atoms. The van der Waals surface area contributed by atoms with Gasteiger partial charge in [-0.15, -0.1) is 0 Å². The lowest BCUT2D eigenvalue weighted by Gasteiger charge is -1.96. The predicted molar refractivity (Wildman–Crippen MR) is 79.3 cm³/mol. The van der Waals surface area contributed by atoms with E-state index >= 15 is 0 Å². The Bertz CT molecular complexity index is 552. The molecule has 0 spiro atoms. The van der Waals surface area contributed by atoms with E-state index in [1.54, 1.807) is 18.3 Å². The molecule has 1 aromatic carbocycles. The van der Waals surface area contributed by atoms with Gasteiger partial charge in [0.15, 0.2) is 17.4 Å². The zero-order chi connectivity index (χ0) is 13.5. The Balaban J connectivity index is 0.000000360. The van der Waals surface area contributed by atoms with E-state index in [4.69, 9.17) is 0 Å². The molecule has 19 heavy (non-hydrogen) atoms. The van der Waals surface area contributed by atoms with Crippen LogP contribution in [0.2, 0.25) is 0 Å². The maximum absolute atomic E-state index is 10.0. The number of benzene rings is 1. The van der Waals surface area contributed by atoms with Crippen molar-refractivity contribution in [3.8, 4) is 5.75 Å². The summed E-state index contributed by atoms with van der Waals surface area (Å²) in [7, 11) is 0. The number of pyridine rings is 1. The van der Waals surface area contributed by atoms with Crippen LogP contribution in [0.1, 0.15) is 20.3 Å². The maximum atomic E-state index is 10.0. The molecule has 0 aliphatic carbocycles. The maximum Gasteiger partial charge on any atom is 0.187 e. The fourth-order valence-corrected chi connectivity index (χ4v) is 1.44. The molecule has 5 heteroatoms. The summed E-state index contributed by atoms with van der Waals surface area (Å²) in [6, 6.07) is 9.13. The van der Waals surface area contributed by atoms with E-state index in [2.05, 4.69) is 4.98 Å². The monoisotopic (exact) mass is 275 g/mol. The summed E-state index contributed by atoms with van der Waals surface area (Å²) in [4.78, 5) is 24.1. The van der Waals surface area contributed by atoms with E-state index < -0.39 is 0 Å². The average Bonchev–Trinajstić information content (AvgIpc) is 2.29. The zero-order valence-corrected chi connectivity index (χ0v) is 10.4. The molecular formula is C14H18AlNO3. The van der Waals surface area contributed by atoms with Crippen LogP contribution in [0.5, 0.6) is 5.75 Å². The van der Waals surface area contributed by atoms with E-state index in [-0.39, 0.29) is 41.1 Å². The van der Waals surface area contributed by atoms with Crippen LogP contribution in [-0.2, 0) is 9.59 Å². The summed E-state index contributed by atoms with van der Waals surface area (Å²) in [5, 5.41) is 10.3. The van der Waals surface area contributed by atoms with Crippen LogP contribution < -0.4 is 0 Å². The number of para-hydroxylation sites is 1. The minimum absolute atomic E-state index is 0. The lowest BCUT2D eigenvalue weighted by Crippen LogP contribution is -1.97. The number of fused-ring (bicyclic) bond motifs is 1. The number of Topliss-reactive ketones (excluding diaryl/α,β-unsaturated/α-hetero) is 2. The fraction of sp³-hybridized carbons (Fsp3) is 0.214. The number of aromatic hydroxyl groups is 1. The number of nitrogens with zero attached hydrogens (tertiary/aromatic N) is 1. The smallest absolute Gasteiger partial charge is 0.187 e. The van der Waals surface area contributed by atoms with Gasteiger partial charge in [-0.1, -0.05) is 18.2 Å². The van der Waals surface area contributed by atoms with Crippen molar-refractivity contribution >= 4 is 39.8 Å². The molecule has 100 valence electrons. The molecule has 0 atom stereocenters. The summed E-state index contributed by atoms with van der Waals surface area (Å²) in [5.41, 5.74) is 0.662. The molecule has 0 unspecified atom stereocenters. The first-order valence-corrected chi connectivity index (χ1v) is 5.52. The van der Waals surface area contributed by atoms with Gasteiger partial charge < -0.3 is 5.11 Å². The normalized spacial score (nSPS) is 8.95. The standard InChI is InChI=1S/C9H7NO.C5H8O2.Al.3H/c11-8-5-1-3-7-4-2-6-10-9(7)8;1-4(6)3-5(2)7;;;;/h1-6,11H;3H2,1-2H3;;;;. The molecule has 0 saturated carbocycles. The summed E-state index contributed by atoms with van der Waals surface area (Å²) in [6.07, 6.45) is 1.75. The Morgan fingerprint density at radius 3 is 2.16 bits per heavy atom. The van der Waals surface area contributed by atoms with Crippen LogP contribution in [0, 0.1) is 0 Å². The molecule has 2 rings (SSSR count). The van der Waals surface area contributed by atoms with Crippen molar-refractivity contribution in [1.29, 1.82) is 0 Å². The predicted octanol–water partition coefficient (Wildman–Crippen LogP) is 1.31. The molecule has 0 amide bonds. The molecule has 1 N–H and O–H groups in total. The Kier molecular flexibility index (Phi) is 7.66. The second-order valence-corrected chi connectivity index (χ2v) is 3.93. The van der Waals surface area contributed by atoms with Gasteiger partial charge in [-0.25, -0.2) is 0 Å². The Labute approximate surface area is 122 Å². The highest BCUT2D eigenvalue weighted by Crippen LogP contribution is 2.20. The summed E-state index contributed by atoms with van der Waals surface area (Å²) in [6.45, 7) is 2.81. The Morgan fingerprint density at radius 1 is 1.11 bits per heavy atom. The Hall–Kier alpha value is -1.70. The van der Waals surface area contributed by atoms with E-state index in [9.17, 15) is 14.7 Å². The van der Waals surface area contributed by atoms with E-state index in [1.165, 1.54) is 13.8 Å². The van der Waals surface area contributed by atoms with Gasteiger partial charge in [-0.3, -0.25) is 14.6 Å². The quantitative estimate of drug-likeness (QED) is 0.663. The minimum Gasteiger partial charge on any atom is -0.506 e. The molecule has 0 radical (unpaired) electrons. The van der Waals surface area contributed by atoms with Crippen LogP contribution in [0.4, 0.5) is 0 Å². The molecular weight excluding hydrogens is 257 g/mol. The van der Waals surface area contributed by atoms with E-state index in [1.807, 2.05) is 18.2 Å². The topological polar surface area (TPSA) is 67.3 Å². The highest BCUT2D eigenvalue weighted by atomic mass is 27.0. The summed E-state index contributed by atoms with van der Waals surface area (Å²) < 4.78 is 0. The van der Waals surface area contributed by atoms with Crippen LogP contribution in [-0.4, -0.2) is 39.0 Å². The van der Waals surface area contributed by atoms with Crippen LogP contribution in [0.25, 0.3) is 10.9 Å². The number of phenols is 1. The second kappa shape index (κ2) is 8.41. The van der Waals surface area contributed by atoms with Gasteiger partial charge in [0.25, 0.3) is 0 Å². The molecule has 0 aliphatic heterocycles. The van der Waals surface area contributed by atoms with Crippen molar-refractivity contribution in [3.05, 3.63) is 36.5 Å². The lowest BCUT2D eigenvalue weighted by molar-refractivity contribution is -0.124. The van der Waals surface area contributed by atoms with Gasteiger partial charge in [0.05, 0.1) is 6.42 Å². The van der Waals surface area contributed by atoms with Gasteiger partial charge in [-0.2, -0.15) is 0 Å². The summed E-state index contributed by atoms with van der Waals surface area (Å²) >= 11 is 0. The molecule has 2 aromatic rings. The zero-order valence-electron chi connectivity index (χ0n) is 10.4. The van der Waals surface area contributed by atoms with Crippen molar-refractivity contribution in [3.63, 3.8) is 0 Å². The van der Waals surface area contributed by atoms with Crippen molar-refractivity contribution in [1.82, 2.24) is 4.98 Å². The first-order valence-electron chi connectivity index (χ1n) is 5.52. The third kappa shape index (κ3) is 6.14. The van der Waals surface area contributed by atoms with Crippen molar-refractivity contribution in [2.75, 3.05) is 0 Å². The Morgan fingerprint density at radius 2 is 1.68 bits per heavy atom. The minimum atomic E-state index is -0.0625. The van der Waals surface area contributed by atoms with Gasteiger partial charge >= 0.3 is 0 Å². The average molecular weight is 275 g/mol.